The van der Waals surface area contributed by atoms with Crippen LogP contribution in [-0.4, -0.2) is 22.9 Å². The summed E-state index contributed by atoms with van der Waals surface area (Å²) in [7, 11) is 1.64. The number of carbonyl (C=O) groups excluding carboxylic acids is 1. The van der Waals surface area contributed by atoms with Gasteiger partial charge in [-0.1, -0.05) is 24.3 Å². The Morgan fingerprint density at radius 2 is 2.00 bits per heavy atom. The molecule has 0 saturated heterocycles. The van der Waals surface area contributed by atoms with Gasteiger partial charge in [-0.3, -0.25) is 4.79 Å². The lowest BCUT2D eigenvalue weighted by atomic mass is 10.1. The minimum absolute atomic E-state index is 0.0345. The van der Waals surface area contributed by atoms with Gasteiger partial charge in [0.05, 0.1) is 13.2 Å². The number of amides is 1. The van der Waals surface area contributed by atoms with Gasteiger partial charge in [-0.05, 0) is 42.3 Å². The zero-order valence-electron chi connectivity index (χ0n) is 14.6. The Morgan fingerprint density at radius 1 is 1.23 bits per heavy atom. The zero-order valence-corrected chi connectivity index (χ0v) is 15.4. The van der Waals surface area contributed by atoms with Gasteiger partial charge in [0.15, 0.2) is 5.13 Å². The van der Waals surface area contributed by atoms with E-state index in [1.54, 1.807) is 7.11 Å². The molecule has 0 spiro atoms. The van der Waals surface area contributed by atoms with Crippen LogP contribution in [-0.2, 0) is 6.54 Å². The molecule has 0 bridgehead atoms. The molecule has 0 radical (unpaired) electrons. The van der Waals surface area contributed by atoms with E-state index in [4.69, 9.17) is 4.74 Å². The van der Waals surface area contributed by atoms with Gasteiger partial charge in [0.2, 0.25) is 0 Å². The Hall–Kier alpha value is -2.86. The summed E-state index contributed by atoms with van der Waals surface area (Å²) in [6.45, 7) is 2.70. The van der Waals surface area contributed by atoms with E-state index < -0.39 is 0 Å². The maximum atomic E-state index is 12.9. The van der Waals surface area contributed by atoms with E-state index in [0.717, 1.165) is 11.4 Å². The maximum absolute atomic E-state index is 12.9. The van der Waals surface area contributed by atoms with Crippen molar-refractivity contribution >= 4 is 28.1 Å². The molecular weight excluding hydrogens is 346 g/mol. The number of methoxy groups -OCH3 is 1. The number of benzene rings is 2. The lowest BCUT2D eigenvalue weighted by Gasteiger charge is -2.20. The van der Waals surface area contributed by atoms with Gasteiger partial charge in [-0.2, -0.15) is 0 Å². The molecule has 1 aliphatic heterocycles. The van der Waals surface area contributed by atoms with Crippen LogP contribution in [0.15, 0.2) is 53.9 Å². The molecule has 2 aromatic carbocycles. The van der Waals surface area contributed by atoms with E-state index >= 15 is 0 Å². The number of hydrogen-bond donors (Lipinski definition) is 1. The Balaban J connectivity index is 1.48. The molecule has 3 aromatic rings. The summed E-state index contributed by atoms with van der Waals surface area (Å²) in [4.78, 5) is 19.2. The Morgan fingerprint density at radius 3 is 2.73 bits per heavy atom. The van der Waals surface area contributed by atoms with Crippen molar-refractivity contribution in [3.8, 4) is 5.75 Å². The number of nitrogens with one attached hydrogen (secondary N) is 1. The van der Waals surface area contributed by atoms with Gasteiger partial charge < -0.3 is 15.0 Å². The lowest BCUT2D eigenvalue weighted by Crippen LogP contribution is -2.28. The van der Waals surface area contributed by atoms with Gasteiger partial charge in [0.25, 0.3) is 5.91 Å². The first kappa shape index (κ1) is 16.6. The third-order valence-electron chi connectivity index (χ3n) is 4.64. The van der Waals surface area contributed by atoms with E-state index in [2.05, 4.69) is 29.4 Å². The molecule has 0 fully saturated rings. The van der Waals surface area contributed by atoms with Gasteiger partial charge in [-0.25, -0.2) is 4.98 Å². The van der Waals surface area contributed by atoms with Crippen LogP contribution in [0.3, 0.4) is 0 Å². The first-order valence-electron chi connectivity index (χ1n) is 8.41. The SMILES string of the molecule is COc1ccc(Nc2nc(C(=O)N3Cc4ccccc4C3C)cs2)cc1. The topological polar surface area (TPSA) is 54.5 Å². The van der Waals surface area contributed by atoms with Gasteiger partial charge in [-0.15, -0.1) is 11.3 Å². The molecule has 6 heteroatoms. The Kier molecular flexibility index (Phi) is 4.34. The van der Waals surface area contributed by atoms with E-state index in [0.29, 0.717) is 17.4 Å². The van der Waals surface area contributed by atoms with Crippen molar-refractivity contribution in [1.82, 2.24) is 9.88 Å². The molecule has 1 unspecified atom stereocenters. The molecule has 4 rings (SSSR count). The van der Waals surface area contributed by atoms with Crippen LogP contribution in [0.4, 0.5) is 10.8 Å². The third-order valence-corrected chi connectivity index (χ3v) is 5.40. The molecule has 132 valence electrons. The first-order chi connectivity index (χ1) is 12.7. The summed E-state index contributed by atoms with van der Waals surface area (Å²) < 4.78 is 5.16. The predicted molar refractivity (Wildman–Crippen MR) is 103 cm³/mol. The molecule has 2 heterocycles. The smallest absolute Gasteiger partial charge is 0.274 e. The minimum atomic E-state index is -0.0345. The number of fused-ring (bicyclic) bond motifs is 1. The number of anilines is 2. The minimum Gasteiger partial charge on any atom is -0.497 e. The fourth-order valence-electron chi connectivity index (χ4n) is 3.20. The highest BCUT2D eigenvalue weighted by Gasteiger charge is 2.31. The summed E-state index contributed by atoms with van der Waals surface area (Å²) in [5, 5.41) is 5.74. The number of aromatic nitrogens is 1. The summed E-state index contributed by atoms with van der Waals surface area (Å²) in [5.41, 5.74) is 3.81. The molecule has 26 heavy (non-hydrogen) atoms. The van der Waals surface area contributed by atoms with Crippen molar-refractivity contribution in [3.05, 3.63) is 70.7 Å². The van der Waals surface area contributed by atoms with Crippen molar-refractivity contribution in [3.63, 3.8) is 0 Å². The van der Waals surface area contributed by atoms with Crippen LogP contribution in [0, 0.1) is 0 Å². The monoisotopic (exact) mass is 365 g/mol. The van der Waals surface area contributed by atoms with Crippen LogP contribution in [0.25, 0.3) is 0 Å². The van der Waals surface area contributed by atoms with Gasteiger partial charge >= 0.3 is 0 Å². The normalized spacial score (nSPS) is 15.6. The Labute approximate surface area is 156 Å². The second-order valence-corrected chi connectivity index (χ2v) is 7.06. The van der Waals surface area contributed by atoms with Crippen molar-refractivity contribution < 1.29 is 9.53 Å². The summed E-state index contributed by atoms with van der Waals surface area (Å²) in [5.74, 6) is 0.765. The number of hydrogen-bond acceptors (Lipinski definition) is 5. The van der Waals surface area contributed by atoms with Crippen molar-refractivity contribution in [2.24, 2.45) is 0 Å². The second kappa shape index (κ2) is 6.80. The van der Waals surface area contributed by atoms with E-state index in [-0.39, 0.29) is 11.9 Å². The van der Waals surface area contributed by atoms with Crippen molar-refractivity contribution in [1.29, 1.82) is 0 Å². The van der Waals surface area contributed by atoms with E-state index in [1.165, 1.54) is 22.5 Å². The zero-order chi connectivity index (χ0) is 18.1. The highest BCUT2D eigenvalue weighted by Crippen LogP contribution is 2.34. The molecule has 1 atom stereocenters. The number of rotatable bonds is 4. The van der Waals surface area contributed by atoms with Crippen LogP contribution in [0.5, 0.6) is 5.75 Å². The highest BCUT2D eigenvalue weighted by molar-refractivity contribution is 7.14. The van der Waals surface area contributed by atoms with Crippen LogP contribution < -0.4 is 10.1 Å². The molecule has 0 saturated carbocycles. The molecule has 1 aliphatic rings. The molecule has 1 aromatic heterocycles. The fourth-order valence-corrected chi connectivity index (χ4v) is 3.90. The van der Waals surface area contributed by atoms with Crippen LogP contribution in [0.2, 0.25) is 0 Å². The Bertz CT molecular complexity index is 936. The third kappa shape index (κ3) is 3.04. The quantitative estimate of drug-likeness (QED) is 0.733. The standard InChI is InChI=1S/C20H19N3O2S/c1-13-17-6-4-3-5-14(17)11-23(13)19(24)18-12-26-20(22-18)21-15-7-9-16(25-2)10-8-15/h3-10,12-13H,11H2,1-2H3,(H,21,22). The van der Waals surface area contributed by atoms with Crippen molar-refractivity contribution in [2.75, 3.05) is 12.4 Å². The number of thiazole rings is 1. The molecule has 5 nitrogen and oxygen atoms in total. The largest absolute Gasteiger partial charge is 0.497 e. The fraction of sp³-hybridized carbons (Fsp3) is 0.200. The van der Waals surface area contributed by atoms with Gasteiger partial charge in [0, 0.05) is 17.6 Å². The summed E-state index contributed by atoms with van der Waals surface area (Å²) in [6, 6.07) is 15.9. The lowest BCUT2D eigenvalue weighted by molar-refractivity contribution is 0.0700. The average molecular weight is 365 g/mol. The first-order valence-corrected chi connectivity index (χ1v) is 9.29. The van der Waals surface area contributed by atoms with Crippen LogP contribution in [0.1, 0.15) is 34.6 Å². The number of carbonyl (C=O) groups is 1. The number of nitrogens with zero attached hydrogens (tertiary/aromatic N) is 2. The molecule has 0 aliphatic carbocycles. The summed E-state index contributed by atoms with van der Waals surface area (Å²) in [6.07, 6.45) is 0. The predicted octanol–water partition coefficient (Wildman–Crippen LogP) is 4.61. The second-order valence-electron chi connectivity index (χ2n) is 6.20. The molecule has 1 amide bonds. The van der Waals surface area contributed by atoms with Gasteiger partial charge in [0.1, 0.15) is 11.4 Å². The molecule has 1 N–H and O–H groups in total. The average Bonchev–Trinajstić information content (AvgIpc) is 3.27. The maximum Gasteiger partial charge on any atom is 0.274 e. The summed E-state index contributed by atoms with van der Waals surface area (Å²) >= 11 is 1.43. The van der Waals surface area contributed by atoms with Crippen molar-refractivity contribution in [2.45, 2.75) is 19.5 Å². The van der Waals surface area contributed by atoms with E-state index in [1.807, 2.05) is 46.7 Å². The number of ether oxygens (including phenoxy) is 1. The molecular formula is C20H19N3O2S. The van der Waals surface area contributed by atoms with Crippen LogP contribution >= 0.6 is 11.3 Å². The highest BCUT2D eigenvalue weighted by atomic mass is 32.1. The van der Waals surface area contributed by atoms with E-state index in [9.17, 15) is 4.79 Å².